The highest BCUT2D eigenvalue weighted by Gasteiger charge is 2.30. The average molecular weight is 455 g/mol. The topological polar surface area (TPSA) is 58.6 Å². The molecule has 0 bridgehead atoms. The predicted molar refractivity (Wildman–Crippen MR) is 123 cm³/mol. The lowest BCUT2D eigenvalue weighted by molar-refractivity contribution is 0.0526. The minimum Gasteiger partial charge on any atom is -0.462 e. The summed E-state index contributed by atoms with van der Waals surface area (Å²) in [5.74, 6) is -0.566. The molecule has 1 amide bonds. The highest BCUT2D eigenvalue weighted by atomic mass is 35.5. The van der Waals surface area contributed by atoms with Crippen molar-refractivity contribution >= 4 is 52.4 Å². The number of hydrogen-bond donors (Lipinski definition) is 1. The Kier molecular flexibility index (Phi) is 8.58. The van der Waals surface area contributed by atoms with Crippen molar-refractivity contribution in [1.29, 1.82) is 0 Å². The number of halogens is 1. The van der Waals surface area contributed by atoms with Crippen molar-refractivity contribution in [3.8, 4) is 0 Å². The van der Waals surface area contributed by atoms with E-state index in [1.54, 1.807) is 30.8 Å². The van der Waals surface area contributed by atoms with Gasteiger partial charge in [-0.3, -0.25) is 9.69 Å². The zero-order valence-electron chi connectivity index (χ0n) is 17.1. The minimum atomic E-state index is -0.356. The second kappa shape index (κ2) is 10.5. The first-order valence-corrected chi connectivity index (χ1v) is 11.5. The Morgan fingerprint density at radius 2 is 1.97 bits per heavy atom. The lowest BCUT2D eigenvalue weighted by Gasteiger charge is -2.30. The molecule has 0 fully saturated rings. The molecule has 3 rings (SSSR count). The van der Waals surface area contributed by atoms with E-state index in [2.05, 4.69) is 24.1 Å². The Hall–Kier alpha value is -1.54. The first-order valence-electron chi connectivity index (χ1n) is 9.45. The molecule has 1 aromatic heterocycles. The van der Waals surface area contributed by atoms with E-state index in [9.17, 15) is 9.59 Å². The van der Waals surface area contributed by atoms with E-state index in [1.807, 2.05) is 18.4 Å². The molecule has 2 aromatic rings. The first-order chi connectivity index (χ1) is 13.4. The third kappa shape index (κ3) is 5.34. The summed E-state index contributed by atoms with van der Waals surface area (Å²) in [4.78, 5) is 30.0. The summed E-state index contributed by atoms with van der Waals surface area (Å²) in [6, 6.07) is 7.89. The molecule has 0 spiro atoms. The quantitative estimate of drug-likeness (QED) is 0.486. The standard InChI is InChI=1S/C21H26N2O3S2.ClH/c1-5-26-21(25)18-16-10-11-23(13(2)3)12-17(16)28-20(18)22-19(24)14-6-8-15(27-4)9-7-14;/h6-9,13H,5,10-12H2,1-4H3,(H,22,24);1H. The molecule has 1 N–H and O–H groups in total. The Labute approximate surface area is 186 Å². The molecule has 5 nitrogen and oxygen atoms in total. The van der Waals surface area contributed by atoms with E-state index in [0.29, 0.717) is 28.8 Å². The number of carbonyl (C=O) groups is 2. The molecule has 2 heterocycles. The molecule has 0 unspecified atom stereocenters. The molecule has 8 heteroatoms. The number of rotatable bonds is 6. The van der Waals surface area contributed by atoms with E-state index in [0.717, 1.165) is 34.8 Å². The molecule has 1 aliphatic rings. The summed E-state index contributed by atoms with van der Waals surface area (Å²) in [6.07, 6.45) is 2.79. The number of fused-ring (bicyclic) bond motifs is 1. The summed E-state index contributed by atoms with van der Waals surface area (Å²) in [6.45, 7) is 8.14. The third-order valence-corrected chi connectivity index (χ3v) is 6.75. The number of nitrogens with zero attached hydrogens (tertiary/aromatic N) is 1. The molecule has 0 saturated carbocycles. The maximum absolute atomic E-state index is 12.8. The van der Waals surface area contributed by atoms with Crippen LogP contribution in [0.5, 0.6) is 0 Å². The number of nitrogens with one attached hydrogen (secondary N) is 1. The largest absolute Gasteiger partial charge is 0.462 e. The van der Waals surface area contributed by atoms with Crippen molar-refractivity contribution in [2.24, 2.45) is 0 Å². The fraction of sp³-hybridized carbons (Fsp3) is 0.429. The van der Waals surface area contributed by atoms with E-state index in [1.165, 1.54) is 11.3 Å². The second-order valence-corrected chi connectivity index (χ2v) is 8.91. The van der Waals surface area contributed by atoms with Crippen molar-refractivity contribution in [1.82, 2.24) is 4.90 Å². The summed E-state index contributed by atoms with van der Waals surface area (Å²) in [7, 11) is 0. The van der Waals surface area contributed by atoms with E-state index in [4.69, 9.17) is 4.74 Å². The van der Waals surface area contributed by atoms with Crippen LogP contribution in [0.1, 0.15) is 51.9 Å². The highest BCUT2D eigenvalue weighted by molar-refractivity contribution is 7.98. The monoisotopic (exact) mass is 454 g/mol. The summed E-state index contributed by atoms with van der Waals surface area (Å²) in [5.41, 5.74) is 2.12. The number of thiophene rings is 1. The van der Waals surface area contributed by atoms with Crippen molar-refractivity contribution in [3.63, 3.8) is 0 Å². The zero-order valence-corrected chi connectivity index (χ0v) is 19.6. The fourth-order valence-electron chi connectivity index (χ4n) is 3.29. The molecule has 158 valence electrons. The smallest absolute Gasteiger partial charge is 0.341 e. The molecule has 1 aliphatic heterocycles. The van der Waals surface area contributed by atoms with E-state index in [-0.39, 0.29) is 24.3 Å². The van der Waals surface area contributed by atoms with Crippen LogP contribution >= 0.6 is 35.5 Å². The Bertz CT molecular complexity index is 866. The number of ether oxygens (including phenoxy) is 1. The van der Waals surface area contributed by atoms with Gasteiger partial charge in [-0.05, 0) is 63.3 Å². The Balaban J connectivity index is 0.00000300. The van der Waals surface area contributed by atoms with E-state index < -0.39 is 0 Å². The number of thioether (sulfide) groups is 1. The summed E-state index contributed by atoms with van der Waals surface area (Å²) < 4.78 is 5.28. The van der Waals surface area contributed by atoms with Crippen LogP contribution in [0.15, 0.2) is 29.2 Å². The molecular formula is C21H27ClN2O3S2. The van der Waals surface area contributed by atoms with Gasteiger partial charge in [-0.2, -0.15) is 0 Å². The van der Waals surface area contributed by atoms with Crippen molar-refractivity contribution in [2.75, 3.05) is 24.7 Å². The number of hydrogen-bond acceptors (Lipinski definition) is 6. The normalized spacial score (nSPS) is 13.6. The Morgan fingerprint density at radius 3 is 2.55 bits per heavy atom. The summed E-state index contributed by atoms with van der Waals surface area (Å²) in [5, 5.41) is 3.55. The van der Waals surface area contributed by atoms with Gasteiger partial charge in [-0.15, -0.1) is 35.5 Å². The van der Waals surface area contributed by atoms with Crippen LogP contribution in [0, 0.1) is 0 Å². The van der Waals surface area contributed by atoms with Crippen LogP contribution in [0.25, 0.3) is 0 Å². The molecular weight excluding hydrogens is 428 g/mol. The maximum atomic E-state index is 12.8. The van der Waals surface area contributed by atoms with Gasteiger partial charge in [0.05, 0.1) is 12.2 Å². The van der Waals surface area contributed by atoms with Gasteiger partial charge in [-0.1, -0.05) is 0 Å². The number of amides is 1. The lowest BCUT2D eigenvalue weighted by atomic mass is 10.0. The van der Waals surface area contributed by atoms with Crippen molar-refractivity contribution in [2.45, 2.75) is 44.7 Å². The summed E-state index contributed by atoms with van der Waals surface area (Å²) >= 11 is 3.12. The lowest BCUT2D eigenvalue weighted by Crippen LogP contribution is -2.35. The SMILES string of the molecule is CCOC(=O)c1c(NC(=O)c2ccc(SC)cc2)sc2c1CCN(C(C)C)C2.Cl. The van der Waals surface area contributed by atoms with Gasteiger partial charge in [0.2, 0.25) is 0 Å². The van der Waals surface area contributed by atoms with Crippen LogP contribution in [-0.4, -0.2) is 42.2 Å². The number of benzene rings is 1. The van der Waals surface area contributed by atoms with Crippen LogP contribution in [-0.2, 0) is 17.7 Å². The average Bonchev–Trinajstić information content (AvgIpc) is 3.05. The zero-order chi connectivity index (χ0) is 20.3. The highest BCUT2D eigenvalue weighted by Crippen LogP contribution is 2.38. The van der Waals surface area contributed by atoms with Gasteiger partial charge in [0.1, 0.15) is 5.00 Å². The first kappa shape index (κ1) is 23.7. The maximum Gasteiger partial charge on any atom is 0.341 e. The number of carbonyl (C=O) groups excluding carboxylic acids is 2. The van der Waals surface area contributed by atoms with Crippen LogP contribution in [0.4, 0.5) is 5.00 Å². The van der Waals surface area contributed by atoms with Gasteiger partial charge in [-0.25, -0.2) is 4.79 Å². The predicted octanol–water partition coefficient (Wildman–Crippen LogP) is 5.09. The molecule has 0 atom stereocenters. The minimum absolute atomic E-state index is 0. The van der Waals surface area contributed by atoms with E-state index >= 15 is 0 Å². The molecule has 1 aromatic carbocycles. The van der Waals surface area contributed by atoms with Gasteiger partial charge in [0.25, 0.3) is 5.91 Å². The van der Waals surface area contributed by atoms with Crippen molar-refractivity contribution in [3.05, 3.63) is 45.8 Å². The van der Waals surface area contributed by atoms with Crippen molar-refractivity contribution < 1.29 is 14.3 Å². The van der Waals surface area contributed by atoms with Gasteiger partial charge in [0, 0.05) is 34.5 Å². The number of anilines is 1. The van der Waals surface area contributed by atoms with Gasteiger partial charge in [0.15, 0.2) is 0 Å². The fourth-order valence-corrected chi connectivity index (χ4v) is 4.95. The van der Waals surface area contributed by atoms with Crippen LogP contribution in [0.2, 0.25) is 0 Å². The second-order valence-electron chi connectivity index (χ2n) is 6.93. The molecule has 0 radical (unpaired) electrons. The molecule has 29 heavy (non-hydrogen) atoms. The Morgan fingerprint density at radius 1 is 1.28 bits per heavy atom. The number of esters is 1. The van der Waals surface area contributed by atoms with Gasteiger partial charge < -0.3 is 10.1 Å². The van der Waals surface area contributed by atoms with Gasteiger partial charge >= 0.3 is 5.97 Å². The third-order valence-electron chi connectivity index (χ3n) is 4.88. The molecule has 0 saturated heterocycles. The van der Waals surface area contributed by atoms with Crippen LogP contribution < -0.4 is 5.32 Å². The van der Waals surface area contributed by atoms with Crippen LogP contribution in [0.3, 0.4) is 0 Å². The molecule has 0 aliphatic carbocycles.